The van der Waals surface area contributed by atoms with Crippen LogP contribution >= 0.6 is 0 Å². The van der Waals surface area contributed by atoms with E-state index in [0.29, 0.717) is 6.04 Å². The van der Waals surface area contributed by atoms with Crippen molar-refractivity contribution >= 4 is 11.6 Å². The largest absolute Gasteiger partial charge is 0.367 e. The van der Waals surface area contributed by atoms with Gasteiger partial charge < -0.3 is 10.2 Å². The summed E-state index contributed by atoms with van der Waals surface area (Å²) in [6.45, 7) is 5.67. The second-order valence-electron chi connectivity index (χ2n) is 5.29. The smallest absolute Gasteiger partial charge is 0.243 e. The Labute approximate surface area is 115 Å². The summed E-state index contributed by atoms with van der Waals surface area (Å²) < 4.78 is 0. The van der Waals surface area contributed by atoms with Gasteiger partial charge in [-0.05, 0) is 38.8 Å². The van der Waals surface area contributed by atoms with Crippen molar-refractivity contribution in [1.82, 2.24) is 5.32 Å². The van der Waals surface area contributed by atoms with Crippen molar-refractivity contribution in [3.05, 3.63) is 42.0 Å². The zero-order chi connectivity index (χ0) is 13.7. The Bertz CT molecular complexity index is 449. The van der Waals surface area contributed by atoms with Crippen LogP contribution < -0.4 is 10.2 Å². The van der Waals surface area contributed by atoms with Gasteiger partial charge in [0, 0.05) is 30.9 Å². The van der Waals surface area contributed by atoms with Gasteiger partial charge in [-0.1, -0.05) is 23.8 Å². The zero-order valence-electron chi connectivity index (χ0n) is 11.7. The average molecular weight is 258 g/mol. The van der Waals surface area contributed by atoms with Gasteiger partial charge in [0.25, 0.3) is 0 Å². The van der Waals surface area contributed by atoms with Gasteiger partial charge in [-0.25, -0.2) is 0 Å². The molecule has 1 atom stereocenters. The van der Waals surface area contributed by atoms with Crippen molar-refractivity contribution in [3.63, 3.8) is 0 Å². The van der Waals surface area contributed by atoms with Crippen LogP contribution in [-0.2, 0) is 4.79 Å². The van der Waals surface area contributed by atoms with Gasteiger partial charge in [-0.2, -0.15) is 0 Å². The second-order valence-corrected chi connectivity index (χ2v) is 5.29. The molecule has 1 heterocycles. The van der Waals surface area contributed by atoms with Gasteiger partial charge in [0.1, 0.15) is 0 Å². The van der Waals surface area contributed by atoms with Crippen molar-refractivity contribution in [3.8, 4) is 0 Å². The Morgan fingerprint density at radius 1 is 1.37 bits per heavy atom. The zero-order valence-corrected chi connectivity index (χ0v) is 11.7. The molecule has 102 valence electrons. The Morgan fingerprint density at radius 3 is 2.79 bits per heavy atom. The highest BCUT2D eigenvalue weighted by Gasteiger charge is 2.24. The number of allylic oxidation sites excluding steroid dienone is 1. The molecule has 0 bridgehead atoms. The van der Waals surface area contributed by atoms with Crippen molar-refractivity contribution in [2.75, 3.05) is 18.0 Å². The molecule has 1 saturated heterocycles. The molecule has 1 fully saturated rings. The van der Waals surface area contributed by atoms with Gasteiger partial charge >= 0.3 is 0 Å². The Balaban J connectivity index is 1.93. The van der Waals surface area contributed by atoms with E-state index in [9.17, 15) is 4.79 Å². The molecule has 1 N–H and O–H groups in total. The molecular formula is C16H22N2O. The fraction of sp³-hybridized carbons (Fsp3) is 0.438. The second kappa shape index (κ2) is 6.41. The molecule has 1 amide bonds. The van der Waals surface area contributed by atoms with Gasteiger partial charge in [0.05, 0.1) is 0 Å². The highest BCUT2D eigenvalue weighted by molar-refractivity contribution is 5.88. The highest BCUT2D eigenvalue weighted by Crippen LogP contribution is 2.24. The molecule has 1 aromatic rings. The van der Waals surface area contributed by atoms with Crippen LogP contribution in [0.5, 0.6) is 0 Å². The monoisotopic (exact) mass is 258 g/mol. The first kappa shape index (κ1) is 13.7. The Hall–Kier alpha value is -1.77. The number of hydrogen-bond donors (Lipinski definition) is 1. The lowest BCUT2D eigenvalue weighted by Gasteiger charge is -2.26. The number of anilines is 1. The maximum atomic E-state index is 11.6. The first-order chi connectivity index (χ1) is 9.16. The van der Waals surface area contributed by atoms with E-state index in [4.69, 9.17) is 0 Å². The maximum absolute atomic E-state index is 11.6. The van der Waals surface area contributed by atoms with Gasteiger partial charge in [0.2, 0.25) is 5.91 Å². The number of benzene rings is 1. The predicted molar refractivity (Wildman–Crippen MR) is 79.3 cm³/mol. The molecule has 1 aliphatic heterocycles. The molecular weight excluding hydrogens is 236 g/mol. The average Bonchev–Trinajstić information content (AvgIpc) is 2.85. The minimum Gasteiger partial charge on any atom is -0.367 e. The highest BCUT2D eigenvalue weighted by atomic mass is 16.1. The fourth-order valence-corrected chi connectivity index (χ4v) is 2.54. The molecule has 1 aliphatic rings. The van der Waals surface area contributed by atoms with Crippen molar-refractivity contribution in [2.45, 2.75) is 32.7 Å². The number of carbonyl (C=O) groups is 1. The third-order valence-corrected chi connectivity index (χ3v) is 3.40. The Kier molecular flexibility index (Phi) is 4.61. The van der Waals surface area contributed by atoms with Crippen LogP contribution in [0.4, 0.5) is 5.69 Å². The van der Waals surface area contributed by atoms with E-state index in [1.165, 1.54) is 12.1 Å². The maximum Gasteiger partial charge on any atom is 0.243 e. The number of carbonyl (C=O) groups excluding carboxylic acids is 1. The summed E-state index contributed by atoms with van der Waals surface area (Å²) in [4.78, 5) is 14.0. The Morgan fingerprint density at radius 2 is 2.11 bits per heavy atom. The normalized spacial score (nSPS) is 18.2. The molecule has 0 aliphatic carbocycles. The lowest BCUT2D eigenvalue weighted by molar-refractivity contribution is -0.116. The van der Waals surface area contributed by atoms with Crippen LogP contribution in [0.15, 0.2) is 42.0 Å². The molecule has 1 unspecified atom stereocenters. The predicted octanol–water partition coefficient (Wildman–Crippen LogP) is 2.74. The summed E-state index contributed by atoms with van der Waals surface area (Å²) in [5.41, 5.74) is 2.28. The topological polar surface area (TPSA) is 32.3 Å². The summed E-state index contributed by atoms with van der Waals surface area (Å²) in [7, 11) is 0. The number of amides is 1. The van der Waals surface area contributed by atoms with E-state index in [0.717, 1.165) is 25.1 Å². The van der Waals surface area contributed by atoms with Crippen LogP contribution in [0.25, 0.3) is 0 Å². The van der Waals surface area contributed by atoms with Crippen LogP contribution in [0.3, 0.4) is 0 Å². The summed E-state index contributed by atoms with van der Waals surface area (Å²) >= 11 is 0. The number of nitrogens with zero attached hydrogens (tertiary/aromatic N) is 1. The summed E-state index contributed by atoms with van der Waals surface area (Å²) in [5, 5.41) is 3.00. The molecule has 0 aromatic heterocycles. The van der Waals surface area contributed by atoms with E-state index in [-0.39, 0.29) is 5.91 Å². The third kappa shape index (κ3) is 3.85. The SMILES string of the molecule is CC(C)=CC(=O)NCC1CCCN1c1ccccc1. The van der Waals surface area contributed by atoms with Crippen molar-refractivity contribution in [2.24, 2.45) is 0 Å². The molecule has 1 aromatic carbocycles. The van der Waals surface area contributed by atoms with E-state index in [1.807, 2.05) is 19.9 Å². The van der Waals surface area contributed by atoms with E-state index >= 15 is 0 Å². The van der Waals surface area contributed by atoms with Crippen LogP contribution in [0, 0.1) is 0 Å². The van der Waals surface area contributed by atoms with Crippen LogP contribution in [-0.4, -0.2) is 25.0 Å². The number of hydrogen-bond acceptors (Lipinski definition) is 2. The molecule has 3 heteroatoms. The van der Waals surface area contributed by atoms with Crippen molar-refractivity contribution in [1.29, 1.82) is 0 Å². The van der Waals surface area contributed by atoms with Crippen molar-refractivity contribution < 1.29 is 4.79 Å². The lowest BCUT2D eigenvalue weighted by atomic mass is 10.2. The molecule has 2 rings (SSSR count). The lowest BCUT2D eigenvalue weighted by Crippen LogP contribution is -2.39. The van der Waals surface area contributed by atoms with E-state index in [1.54, 1.807) is 6.08 Å². The van der Waals surface area contributed by atoms with E-state index < -0.39 is 0 Å². The molecule has 0 spiro atoms. The van der Waals surface area contributed by atoms with Gasteiger partial charge in [0.15, 0.2) is 0 Å². The minimum absolute atomic E-state index is 0.0138. The third-order valence-electron chi connectivity index (χ3n) is 3.40. The van der Waals surface area contributed by atoms with Gasteiger partial charge in [-0.15, -0.1) is 0 Å². The number of nitrogens with one attached hydrogen (secondary N) is 1. The number of para-hydroxylation sites is 1. The molecule has 3 nitrogen and oxygen atoms in total. The minimum atomic E-state index is 0.0138. The first-order valence-corrected chi connectivity index (χ1v) is 6.91. The van der Waals surface area contributed by atoms with Crippen LogP contribution in [0.1, 0.15) is 26.7 Å². The van der Waals surface area contributed by atoms with E-state index in [2.05, 4.69) is 34.5 Å². The first-order valence-electron chi connectivity index (χ1n) is 6.91. The fourth-order valence-electron chi connectivity index (χ4n) is 2.54. The number of rotatable bonds is 4. The molecule has 0 radical (unpaired) electrons. The summed E-state index contributed by atoms with van der Waals surface area (Å²) in [6, 6.07) is 10.8. The quantitative estimate of drug-likeness (QED) is 0.842. The molecule has 0 saturated carbocycles. The molecule has 19 heavy (non-hydrogen) atoms. The summed E-state index contributed by atoms with van der Waals surface area (Å²) in [6.07, 6.45) is 3.99. The van der Waals surface area contributed by atoms with Gasteiger partial charge in [-0.3, -0.25) is 4.79 Å². The standard InChI is InChI=1S/C16H22N2O/c1-13(2)11-16(19)17-12-15-9-6-10-18(15)14-7-4-3-5-8-14/h3-5,7-8,11,15H,6,9-10,12H2,1-2H3,(H,17,19). The summed E-state index contributed by atoms with van der Waals surface area (Å²) in [5.74, 6) is 0.0138. The van der Waals surface area contributed by atoms with Crippen LogP contribution in [0.2, 0.25) is 0 Å².